The number of carbonyl (C=O) groups is 1. The quantitative estimate of drug-likeness (QED) is 0.537. The molecule has 0 fully saturated rings. The van der Waals surface area contributed by atoms with Gasteiger partial charge in [-0.3, -0.25) is 10.1 Å². The number of hydrogen-bond acceptors (Lipinski definition) is 4. The summed E-state index contributed by atoms with van der Waals surface area (Å²) in [6.07, 6.45) is 2.11. The maximum atomic E-state index is 12.4. The Labute approximate surface area is 178 Å². The van der Waals surface area contributed by atoms with E-state index < -0.39 is 0 Å². The number of thiocarbonyl (C=S) groups is 1. The molecule has 29 heavy (non-hydrogen) atoms. The zero-order chi connectivity index (χ0) is 21.2. The van der Waals surface area contributed by atoms with Gasteiger partial charge in [-0.1, -0.05) is 20.8 Å². The van der Waals surface area contributed by atoms with E-state index in [0.29, 0.717) is 18.1 Å². The Morgan fingerprint density at radius 3 is 2.21 bits per heavy atom. The number of rotatable bonds is 9. The first-order valence-corrected chi connectivity index (χ1v) is 10.4. The second-order valence-electron chi connectivity index (χ2n) is 7.32. The molecule has 0 saturated carbocycles. The summed E-state index contributed by atoms with van der Waals surface area (Å²) in [4.78, 5) is 12.4. The van der Waals surface area contributed by atoms with Crippen molar-refractivity contribution in [3.63, 3.8) is 0 Å². The molecule has 0 aliphatic rings. The predicted molar refractivity (Wildman–Crippen MR) is 122 cm³/mol. The van der Waals surface area contributed by atoms with Crippen LogP contribution >= 0.6 is 12.2 Å². The largest absolute Gasteiger partial charge is 0.494 e. The Morgan fingerprint density at radius 1 is 1.00 bits per heavy atom. The van der Waals surface area contributed by atoms with E-state index in [1.54, 1.807) is 24.3 Å². The van der Waals surface area contributed by atoms with Crippen LogP contribution in [0.1, 0.15) is 50.9 Å². The fourth-order valence-electron chi connectivity index (χ4n) is 2.39. The van der Waals surface area contributed by atoms with E-state index in [2.05, 4.69) is 31.4 Å². The number of nitrogens with one attached hydrogen (secondary N) is 2. The number of benzene rings is 2. The predicted octanol–water partition coefficient (Wildman–Crippen LogP) is 5.42. The maximum Gasteiger partial charge on any atom is 0.257 e. The van der Waals surface area contributed by atoms with Gasteiger partial charge in [0.05, 0.1) is 12.7 Å². The van der Waals surface area contributed by atoms with Gasteiger partial charge in [0.25, 0.3) is 5.91 Å². The molecular weight excluding hydrogens is 384 g/mol. The first kappa shape index (κ1) is 22.7. The van der Waals surface area contributed by atoms with Crippen molar-refractivity contribution in [2.75, 3.05) is 11.9 Å². The number of hydrogen-bond donors (Lipinski definition) is 2. The van der Waals surface area contributed by atoms with Gasteiger partial charge >= 0.3 is 0 Å². The molecule has 0 aliphatic heterocycles. The molecule has 0 aliphatic carbocycles. The summed E-state index contributed by atoms with van der Waals surface area (Å²) in [6.45, 7) is 9.08. The first-order valence-electron chi connectivity index (χ1n) is 9.99. The van der Waals surface area contributed by atoms with Crippen LogP contribution < -0.4 is 20.1 Å². The molecule has 0 spiro atoms. The molecule has 1 amide bonds. The second-order valence-corrected chi connectivity index (χ2v) is 7.73. The van der Waals surface area contributed by atoms with Crippen LogP contribution in [-0.2, 0) is 0 Å². The Hall–Kier alpha value is -2.60. The average molecular weight is 415 g/mol. The molecule has 1 atom stereocenters. The third kappa shape index (κ3) is 8.11. The SMILES string of the molecule is CCC(C)Oc1ccc(NC(=S)NC(=O)c2ccc(OCCC(C)C)cc2)cc1. The second kappa shape index (κ2) is 11.4. The lowest BCUT2D eigenvalue weighted by atomic mass is 10.1. The third-order valence-corrected chi connectivity index (χ3v) is 4.54. The molecule has 2 N–H and O–H groups in total. The minimum absolute atomic E-state index is 0.168. The normalized spacial score (nSPS) is 11.6. The molecule has 1 unspecified atom stereocenters. The van der Waals surface area contributed by atoms with Crippen molar-refractivity contribution >= 4 is 28.9 Å². The minimum atomic E-state index is -0.270. The molecule has 156 valence electrons. The van der Waals surface area contributed by atoms with E-state index in [4.69, 9.17) is 21.7 Å². The summed E-state index contributed by atoms with van der Waals surface area (Å²) in [5.41, 5.74) is 1.29. The molecule has 0 radical (unpaired) electrons. The minimum Gasteiger partial charge on any atom is -0.494 e. The highest BCUT2D eigenvalue weighted by molar-refractivity contribution is 7.80. The van der Waals surface area contributed by atoms with Crippen molar-refractivity contribution in [1.29, 1.82) is 0 Å². The number of amides is 1. The summed E-state index contributed by atoms with van der Waals surface area (Å²) in [5, 5.41) is 5.93. The smallest absolute Gasteiger partial charge is 0.257 e. The summed E-state index contributed by atoms with van der Waals surface area (Å²) >= 11 is 5.24. The van der Waals surface area contributed by atoms with Gasteiger partial charge in [-0.05, 0) is 86.4 Å². The topological polar surface area (TPSA) is 59.6 Å². The lowest BCUT2D eigenvalue weighted by molar-refractivity contribution is 0.0977. The fourth-order valence-corrected chi connectivity index (χ4v) is 2.60. The fraction of sp³-hybridized carbons (Fsp3) is 0.391. The lowest BCUT2D eigenvalue weighted by Gasteiger charge is -2.14. The Morgan fingerprint density at radius 2 is 1.62 bits per heavy atom. The van der Waals surface area contributed by atoms with Crippen molar-refractivity contribution < 1.29 is 14.3 Å². The van der Waals surface area contributed by atoms with Gasteiger partial charge in [0.15, 0.2) is 5.11 Å². The van der Waals surface area contributed by atoms with Crippen LogP contribution in [0.5, 0.6) is 11.5 Å². The van der Waals surface area contributed by atoms with E-state index in [-0.39, 0.29) is 17.1 Å². The van der Waals surface area contributed by atoms with Gasteiger partial charge < -0.3 is 14.8 Å². The number of anilines is 1. The van der Waals surface area contributed by atoms with Crippen molar-refractivity contribution in [1.82, 2.24) is 5.32 Å². The van der Waals surface area contributed by atoms with Gasteiger partial charge in [-0.25, -0.2) is 0 Å². The molecule has 2 rings (SSSR count). The molecule has 0 aromatic heterocycles. The van der Waals surface area contributed by atoms with Crippen LogP contribution in [0.15, 0.2) is 48.5 Å². The molecule has 6 heteroatoms. The third-order valence-electron chi connectivity index (χ3n) is 4.33. The van der Waals surface area contributed by atoms with Crippen molar-refractivity contribution in [3.05, 3.63) is 54.1 Å². The summed E-state index contributed by atoms with van der Waals surface area (Å²) in [6, 6.07) is 14.5. The number of carbonyl (C=O) groups excluding carboxylic acids is 1. The highest BCUT2D eigenvalue weighted by atomic mass is 32.1. The van der Waals surface area contributed by atoms with Crippen LogP contribution in [0.4, 0.5) is 5.69 Å². The van der Waals surface area contributed by atoms with E-state index in [0.717, 1.165) is 30.0 Å². The van der Waals surface area contributed by atoms with Crippen molar-refractivity contribution in [3.8, 4) is 11.5 Å². The van der Waals surface area contributed by atoms with Crippen LogP contribution in [-0.4, -0.2) is 23.7 Å². The molecule has 5 nitrogen and oxygen atoms in total. The monoisotopic (exact) mass is 414 g/mol. The Kier molecular flexibility index (Phi) is 8.93. The average Bonchev–Trinajstić information content (AvgIpc) is 2.69. The van der Waals surface area contributed by atoms with Gasteiger partial charge in [-0.2, -0.15) is 0 Å². The van der Waals surface area contributed by atoms with Gasteiger partial charge in [0.2, 0.25) is 0 Å². The van der Waals surface area contributed by atoms with Crippen LogP contribution in [0.25, 0.3) is 0 Å². The van der Waals surface area contributed by atoms with Gasteiger partial charge in [-0.15, -0.1) is 0 Å². The molecule has 0 bridgehead atoms. The maximum absolute atomic E-state index is 12.4. The number of ether oxygens (including phenoxy) is 2. The van der Waals surface area contributed by atoms with Crippen LogP contribution in [0.3, 0.4) is 0 Å². The highest BCUT2D eigenvalue weighted by Gasteiger charge is 2.09. The zero-order valence-corrected chi connectivity index (χ0v) is 18.3. The van der Waals surface area contributed by atoms with E-state index in [9.17, 15) is 4.79 Å². The van der Waals surface area contributed by atoms with E-state index in [1.807, 2.05) is 31.2 Å². The van der Waals surface area contributed by atoms with Crippen LogP contribution in [0.2, 0.25) is 0 Å². The van der Waals surface area contributed by atoms with Crippen molar-refractivity contribution in [2.24, 2.45) is 5.92 Å². The Balaban J connectivity index is 1.83. The molecule has 2 aromatic rings. The summed E-state index contributed by atoms with van der Waals surface area (Å²) in [7, 11) is 0. The molecular formula is C23H30N2O3S. The summed E-state index contributed by atoms with van der Waals surface area (Å²) in [5.74, 6) is 1.88. The van der Waals surface area contributed by atoms with Gasteiger partial charge in [0.1, 0.15) is 11.5 Å². The standard InChI is InChI=1S/C23H30N2O3S/c1-5-17(4)28-21-12-8-19(9-13-21)24-23(29)25-22(26)18-6-10-20(11-7-18)27-15-14-16(2)3/h6-13,16-17H,5,14-15H2,1-4H3,(H2,24,25,26,29). The van der Waals surface area contributed by atoms with Gasteiger partial charge in [0, 0.05) is 11.3 Å². The molecule has 2 aromatic carbocycles. The first-order chi connectivity index (χ1) is 13.9. The van der Waals surface area contributed by atoms with Crippen molar-refractivity contribution in [2.45, 2.75) is 46.6 Å². The molecule has 0 saturated heterocycles. The van der Waals surface area contributed by atoms with E-state index >= 15 is 0 Å². The van der Waals surface area contributed by atoms with Crippen LogP contribution in [0, 0.1) is 5.92 Å². The highest BCUT2D eigenvalue weighted by Crippen LogP contribution is 2.18. The lowest BCUT2D eigenvalue weighted by Crippen LogP contribution is -2.34. The molecule has 0 heterocycles. The van der Waals surface area contributed by atoms with E-state index in [1.165, 1.54) is 0 Å². The Bertz CT molecular complexity index is 789. The zero-order valence-electron chi connectivity index (χ0n) is 17.5. The summed E-state index contributed by atoms with van der Waals surface area (Å²) < 4.78 is 11.4.